The fraction of sp³-hybridized carbons (Fsp3) is 0.600. The molecule has 1 atom stereocenters. The topological polar surface area (TPSA) is 50.9 Å². The van der Waals surface area contributed by atoms with Gasteiger partial charge in [-0.05, 0) is 6.92 Å². The molecule has 0 fully saturated rings. The summed E-state index contributed by atoms with van der Waals surface area (Å²) in [5, 5.41) is 11.8. The lowest BCUT2D eigenvalue weighted by molar-refractivity contribution is -0.172. The van der Waals surface area contributed by atoms with Gasteiger partial charge in [-0.25, -0.2) is 4.98 Å². The van der Waals surface area contributed by atoms with Crippen LogP contribution in [-0.4, -0.2) is 26.0 Å². The van der Waals surface area contributed by atoms with Crippen molar-refractivity contribution in [3.8, 4) is 0 Å². The van der Waals surface area contributed by atoms with E-state index in [0.29, 0.717) is 4.68 Å². The maximum Gasteiger partial charge on any atom is 0.370 e. The van der Waals surface area contributed by atoms with E-state index in [-0.39, 0.29) is 0 Å². The zero-order valence-electron chi connectivity index (χ0n) is 5.78. The van der Waals surface area contributed by atoms with Crippen LogP contribution in [0.4, 0.5) is 8.78 Å². The number of alkyl halides is 2. The molecule has 0 spiro atoms. The smallest absolute Gasteiger partial charge is 0.370 e. The minimum absolute atomic E-state index is 0.317. The Morgan fingerprint density at radius 3 is 2.64 bits per heavy atom. The van der Waals surface area contributed by atoms with E-state index >= 15 is 0 Å². The second-order valence-electron chi connectivity index (χ2n) is 2.10. The molecular formula is C5H7F2N3O. The van der Waals surface area contributed by atoms with Crippen LogP contribution in [0.2, 0.25) is 0 Å². The predicted molar refractivity (Wildman–Crippen MR) is 31.9 cm³/mol. The van der Waals surface area contributed by atoms with Crippen molar-refractivity contribution in [2.24, 2.45) is 0 Å². The van der Waals surface area contributed by atoms with Crippen molar-refractivity contribution in [3.05, 3.63) is 12.7 Å². The summed E-state index contributed by atoms with van der Waals surface area (Å²) in [6.45, 7) is 0.988. The van der Waals surface area contributed by atoms with Crippen molar-refractivity contribution >= 4 is 0 Å². The number of hydrogen-bond acceptors (Lipinski definition) is 3. The van der Waals surface area contributed by atoms with Crippen LogP contribution in [0.15, 0.2) is 12.7 Å². The number of rotatable bonds is 2. The van der Waals surface area contributed by atoms with E-state index < -0.39 is 12.2 Å². The van der Waals surface area contributed by atoms with Crippen molar-refractivity contribution in [2.75, 3.05) is 0 Å². The Balaban J connectivity index is 2.90. The third-order valence-electron chi connectivity index (χ3n) is 1.23. The molecule has 1 heterocycles. The molecule has 6 heteroatoms. The molecule has 0 saturated heterocycles. The maximum atomic E-state index is 12.7. The molecule has 0 radical (unpaired) electrons. The Morgan fingerprint density at radius 2 is 2.27 bits per heavy atom. The highest BCUT2D eigenvalue weighted by molar-refractivity contribution is 4.70. The molecule has 1 rings (SSSR count). The molecule has 0 bridgehead atoms. The van der Waals surface area contributed by atoms with Crippen LogP contribution in [0.25, 0.3) is 0 Å². The van der Waals surface area contributed by atoms with E-state index in [1.165, 1.54) is 0 Å². The van der Waals surface area contributed by atoms with Crippen LogP contribution in [0.3, 0.4) is 0 Å². The van der Waals surface area contributed by atoms with Gasteiger partial charge in [0.25, 0.3) is 0 Å². The Hall–Kier alpha value is -1.04. The zero-order chi connectivity index (χ0) is 8.48. The van der Waals surface area contributed by atoms with Gasteiger partial charge in [-0.15, -0.1) is 0 Å². The maximum absolute atomic E-state index is 12.7. The summed E-state index contributed by atoms with van der Waals surface area (Å²) in [6.07, 6.45) is 0.0624. The van der Waals surface area contributed by atoms with Gasteiger partial charge in [0, 0.05) is 0 Å². The molecule has 0 aromatic carbocycles. The van der Waals surface area contributed by atoms with Gasteiger partial charge in [0.05, 0.1) is 0 Å². The highest BCUT2D eigenvalue weighted by Crippen LogP contribution is 2.22. The standard InChI is InChI=1S/C5H7F2N3O/c1-4(11)5(6,7)10-3-8-2-9-10/h2-4,11H,1H3. The summed E-state index contributed by atoms with van der Waals surface area (Å²) >= 11 is 0. The molecular weight excluding hydrogens is 156 g/mol. The molecule has 1 aromatic rings. The van der Waals surface area contributed by atoms with E-state index in [1.54, 1.807) is 0 Å². The van der Waals surface area contributed by atoms with Crippen molar-refractivity contribution in [1.29, 1.82) is 0 Å². The summed E-state index contributed by atoms with van der Waals surface area (Å²) in [6, 6.07) is -3.38. The van der Waals surface area contributed by atoms with Gasteiger partial charge in [0.2, 0.25) is 0 Å². The second kappa shape index (κ2) is 2.54. The first kappa shape index (κ1) is 8.06. The number of aliphatic hydroxyl groups is 1. The largest absolute Gasteiger partial charge is 0.385 e. The zero-order valence-corrected chi connectivity index (χ0v) is 5.78. The van der Waals surface area contributed by atoms with Crippen molar-refractivity contribution in [2.45, 2.75) is 19.1 Å². The first-order valence-corrected chi connectivity index (χ1v) is 2.96. The first-order chi connectivity index (χ1) is 5.05. The fourth-order valence-corrected chi connectivity index (χ4v) is 0.554. The quantitative estimate of drug-likeness (QED) is 0.677. The normalized spacial score (nSPS) is 14.9. The lowest BCUT2D eigenvalue weighted by atomic mass is 10.3. The number of aliphatic hydroxyl groups excluding tert-OH is 1. The van der Waals surface area contributed by atoms with E-state index in [9.17, 15) is 8.78 Å². The van der Waals surface area contributed by atoms with Crippen LogP contribution in [0.1, 0.15) is 6.92 Å². The van der Waals surface area contributed by atoms with Gasteiger partial charge >= 0.3 is 6.05 Å². The minimum atomic E-state index is -3.38. The monoisotopic (exact) mass is 163 g/mol. The van der Waals surface area contributed by atoms with Crippen LogP contribution in [-0.2, 0) is 6.05 Å². The average Bonchev–Trinajstić information content (AvgIpc) is 2.37. The lowest BCUT2D eigenvalue weighted by Gasteiger charge is -2.18. The van der Waals surface area contributed by atoms with Crippen LogP contribution in [0.5, 0.6) is 0 Å². The summed E-state index contributed by atoms with van der Waals surface area (Å²) in [4.78, 5) is 3.33. The molecule has 1 unspecified atom stereocenters. The molecule has 4 nitrogen and oxygen atoms in total. The predicted octanol–water partition coefficient (Wildman–Crippen LogP) is 0.208. The van der Waals surface area contributed by atoms with Crippen LogP contribution >= 0.6 is 0 Å². The molecule has 1 aromatic heterocycles. The summed E-state index contributed by atoms with van der Waals surface area (Å²) < 4.78 is 25.8. The van der Waals surface area contributed by atoms with E-state index in [0.717, 1.165) is 19.6 Å². The minimum Gasteiger partial charge on any atom is -0.385 e. The highest BCUT2D eigenvalue weighted by atomic mass is 19.3. The lowest BCUT2D eigenvalue weighted by Crippen LogP contribution is -2.35. The number of aromatic nitrogens is 3. The summed E-state index contributed by atoms with van der Waals surface area (Å²) in [7, 11) is 0. The highest BCUT2D eigenvalue weighted by Gasteiger charge is 2.38. The Morgan fingerprint density at radius 1 is 1.64 bits per heavy atom. The molecule has 0 aliphatic carbocycles. The Kier molecular flexibility index (Phi) is 1.86. The molecule has 0 saturated carbocycles. The Bertz CT molecular complexity index is 222. The van der Waals surface area contributed by atoms with E-state index in [2.05, 4.69) is 10.1 Å². The molecule has 0 aliphatic rings. The molecule has 62 valence electrons. The van der Waals surface area contributed by atoms with Gasteiger partial charge in [0.1, 0.15) is 18.8 Å². The molecule has 0 aliphatic heterocycles. The number of nitrogens with zero attached hydrogens (tertiary/aromatic N) is 3. The van der Waals surface area contributed by atoms with Gasteiger partial charge in [0.15, 0.2) is 0 Å². The average molecular weight is 163 g/mol. The second-order valence-corrected chi connectivity index (χ2v) is 2.10. The summed E-state index contributed by atoms with van der Waals surface area (Å²) in [5.74, 6) is 0. The van der Waals surface area contributed by atoms with Crippen molar-refractivity contribution in [3.63, 3.8) is 0 Å². The SMILES string of the molecule is CC(O)C(F)(F)n1cncn1. The third-order valence-corrected chi connectivity index (χ3v) is 1.23. The number of hydrogen-bond donors (Lipinski definition) is 1. The first-order valence-electron chi connectivity index (χ1n) is 2.96. The van der Waals surface area contributed by atoms with Gasteiger partial charge < -0.3 is 5.11 Å². The van der Waals surface area contributed by atoms with Crippen LogP contribution in [0, 0.1) is 0 Å². The van der Waals surface area contributed by atoms with Gasteiger partial charge in [-0.2, -0.15) is 18.6 Å². The van der Waals surface area contributed by atoms with Gasteiger partial charge in [-0.3, -0.25) is 0 Å². The third kappa shape index (κ3) is 1.35. The van der Waals surface area contributed by atoms with Crippen molar-refractivity contribution < 1.29 is 13.9 Å². The van der Waals surface area contributed by atoms with E-state index in [4.69, 9.17) is 5.11 Å². The van der Waals surface area contributed by atoms with Crippen LogP contribution < -0.4 is 0 Å². The molecule has 1 N–H and O–H groups in total. The van der Waals surface area contributed by atoms with Crippen molar-refractivity contribution in [1.82, 2.24) is 14.8 Å². The number of halogens is 2. The fourth-order valence-electron chi connectivity index (χ4n) is 0.554. The Labute approximate surface area is 61.5 Å². The molecule has 11 heavy (non-hydrogen) atoms. The van der Waals surface area contributed by atoms with E-state index in [1.807, 2.05) is 0 Å². The summed E-state index contributed by atoms with van der Waals surface area (Å²) in [5.41, 5.74) is 0. The molecule has 0 amide bonds. The van der Waals surface area contributed by atoms with Gasteiger partial charge in [-0.1, -0.05) is 0 Å².